The predicted octanol–water partition coefficient (Wildman–Crippen LogP) is 0.907. The van der Waals surface area contributed by atoms with Crippen LogP contribution in [0.15, 0.2) is 23.1 Å². The number of nitrogens with zero attached hydrogens (tertiary/aromatic N) is 2. The third-order valence-corrected chi connectivity index (χ3v) is 1.40. The molecule has 5 nitrogen and oxygen atoms in total. The zero-order chi connectivity index (χ0) is 10.9. The number of rotatable bonds is 1. The summed E-state index contributed by atoms with van der Waals surface area (Å²) in [5, 5.41) is 8.88. The summed E-state index contributed by atoms with van der Waals surface area (Å²) in [6, 6.07) is 0.980. The summed E-state index contributed by atoms with van der Waals surface area (Å²) in [5.41, 5.74) is -2.36. The van der Waals surface area contributed by atoms with E-state index in [1.807, 2.05) is 0 Å². The number of pyridine rings is 1. The summed E-state index contributed by atoms with van der Waals surface area (Å²) >= 11 is 0. The molecule has 0 aliphatic heterocycles. The van der Waals surface area contributed by atoms with E-state index >= 15 is 0 Å². The van der Waals surface area contributed by atoms with Gasteiger partial charge < -0.3 is 0 Å². The van der Waals surface area contributed by atoms with Gasteiger partial charge in [0.15, 0.2) is 5.03 Å². The number of hydrogen-bond acceptors (Lipinski definition) is 3. The Bertz CT molecular complexity index is 423. The molecule has 0 fully saturated rings. The van der Waals surface area contributed by atoms with Crippen molar-refractivity contribution in [1.29, 1.82) is 0 Å². The van der Waals surface area contributed by atoms with Gasteiger partial charge in [0.25, 0.3) is 0 Å². The van der Waals surface area contributed by atoms with E-state index in [0.29, 0.717) is 12.1 Å². The second-order valence-electron chi connectivity index (χ2n) is 2.34. The molecule has 0 atom stereocenters. The highest BCUT2D eigenvalue weighted by atomic mass is 19.4. The Morgan fingerprint density at radius 3 is 2.36 bits per heavy atom. The molecule has 0 amide bonds. The summed E-state index contributed by atoms with van der Waals surface area (Å²) in [6.45, 7) is 0. The van der Waals surface area contributed by atoms with Crippen molar-refractivity contribution in [2.24, 2.45) is 0 Å². The minimum Gasteiger partial charge on any atom is -0.263 e. The molecule has 0 N–H and O–H groups in total. The molecule has 0 saturated heterocycles. The van der Waals surface area contributed by atoms with Gasteiger partial charge in [-0.2, -0.15) is 13.2 Å². The van der Waals surface area contributed by atoms with Crippen LogP contribution >= 0.6 is 0 Å². The van der Waals surface area contributed by atoms with Gasteiger partial charge in [-0.05, 0) is 10.7 Å². The molecule has 0 aromatic carbocycles. The Morgan fingerprint density at radius 1 is 1.36 bits per heavy atom. The van der Waals surface area contributed by atoms with Crippen molar-refractivity contribution >= 4 is 0 Å². The highest BCUT2D eigenvalue weighted by molar-refractivity contribution is 5.12. The van der Waals surface area contributed by atoms with E-state index < -0.39 is 22.3 Å². The van der Waals surface area contributed by atoms with Crippen LogP contribution in [0, 0.1) is 10.1 Å². The molecule has 0 bridgehead atoms. The van der Waals surface area contributed by atoms with Crippen LogP contribution in [0.25, 0.3) is 0 Å². The van der Waals surface area contributed by atoms with Gasteiger partial charge in [0.2, 0.25) is 0 Å². The number of aromatic nitrogens is 1. The minimum absolute atomic E-state index is 0.141. The Hall–Kier alpha value is -1.86. The first-order valence-corrected chi connectivity index (χ1v) is 3.27. The fourth-order valence-corrected chi connectivity index (χ4v) is 0.771. The molecule has 0 unspecified atom stereocenters. The fraction of sp³-hybridized carbons (Fsp3) is 0.167. The van der Waals surface area contributed by atoms with E-state index in [-0.39, 0.29) is 10.9 Å². The van der Waals surface area contributed by atoms with Crippen molar-refractivity contribution in [2.75, 3.05) is 0 Å². The average Bonchev–Trinajstić information content (AvgIpc) is 2.02. The first kappa shape index (κ1) is 10.2. The lowest BCUT2D eigenvalue weighted by molar-refractivity contribution is -0.545. The first-order valence-electron chi connectivity index (χ1n) is 3.27. The quantitative estimate of drug-likeness (QED) is 0.508. The van der Waals surface area contributed by atoms with E-state index in [0.717, 1.165) is 0 Å². The summed E-state index contributed by atoms with van der Waals surface area (Å²) in [5.74, 6) is 0. The van der Waals surface area contributed by atoms with Gasteiger partial charge in [-0.1, -0.05) is 0 Å². The van der Waals surface area contributed by atoms with E-state index in [2.05, 4.69) is 0 Å². The second kappa shape index (κ2) is 3.13. The van der Waals surface area contributed by atoms with Gasteiger partial charge in [0.1, 0.15) is 0 Å². The van der Waals surface area contributed by atoms with Gasteiger partial charge in [0, 0.05) is 6.07 Å². The highest BCUT2D eigenvalue weighted by Crippen LogP contribution is 2.27. The van der Waals surface area contributed by atoms with E-state index in [9.17, 15) is 28.1 Å². The van der Waals surface area contributed by atoms with Crippen LogP contribution in [-0.4, -0.2) is 9.71 Å². The Labute approximate surface area is 74.5 Å². The molecule has 0 aliphatic carbocycles. The molecule has 0 radical (unpaired) electrons. The monoisotopic (exact) mass is 208 g/mol. The van der Waals surface area contributed by atoms with Gasteiger partial charge in [-0.3, -0.25) is 4.79 Å². The number of nitro groups is 1. The molecule has 1 heterocycles. The molecular weight excluding hydrogens is 205 g/mol. The van der Waals surface area contributed by atoms with Crippen LogP contribution in [0.2, 0.25) is 0 Å². The zero-order valence-electron chi connectivity index (χ0n) is 6.49. The maximum absolute atomic E-state index is 12.0. The van der Waals surface area contributed by atoms with Crippen LogP contribution < -0.4 is 5.56 Å². The lowest BCUT2D eigenvalue weighted by Gasteiger charge is -2.05. The summed E-state index contributed by atoms with van der Waals surface area (Å²) in [6.07, 6.45) is -4.56. The van der Waals surface area contributed by atoms with Gasteiger partial charge in [-0.15, -0.1) is 0 Å². The van der Waals surface area contributed by atoms with E-state index in [4.69, 9.17) is 0 Å². The summed E-state index contributed by atoms with van der Waals surface area (Å²) in [4.78, 5) is 20.8. The third-order valence-electron chi connectivity index (χ3n) is 1.40. The molecule has 76 valence electrons. The Kier molecular flexibility index (Phi) is 2.28. The van der Waals surface area contributed by atoms with Crippen LogP contribution in [0.1, 0.15) is 5.56 Å². The predicted molar refractivity (Wildman–Crippen MR) is 38.1 cm³/mol. The van der Waals surface area contributed by atoms with Gasteiger partial charge >= 0.3 is 11.7 Å². The molecular formula is C6H3F3N2O3. The van der Waals surface area contributed by atoms with Crippen molar-refractivity contribution in [2.45, 2.75) is 6.18 Å². The molecule has 0 saturated carbocycles. The highest BCUT2D eigenvalue weighted by Gasteiger charge is 2.32. The number of halogens is 3. The standard InChI is InChI=1S/C6H3F3N2O3/c7-6(8,9)4-1-2-5(12)10(3-4)11(13)14/h1-3H. The summed E-state index contributed by atoms with van der Waals surface area (Å²) in [7, 11) is 0. The van der Waals surface area contributed by atoms with Crippen molar-refractivity contribution in [1.82, 2.24) is 4.68 Å². The molecule has 1 aromatic heterocycles. The Balaban J connectivity index is 3.34. The first-order chi connectivity index (χ1) is 6.32. The van der Waals surface area contributed by atoms with Crippen LogP contribution in [0.5, 0.6) is 0 Å². The third kappa shape index (κ3) is 1.90. The normalized spacial score (nSPS) is 11.4. The number of hydrogen-bond donors (Lipinski definition) is 0. The van der Waals surface area contributed by atoms with Crippen molar-refractivity contribution in [3.8, 4) is 0 Å². The van der Waals surface area contributed by atoms with Crippen molar-refractivity contribution in [3.05, 3.63) is 44.4 Å². The van der Waals surface area contributed by atoms with Crippen molar-refractivity contribution in [3.63, 3.8) is 0 Å². The lowest BCUT2D eigenvalue weighted by atomic mass is 10.3. The van der Waals surface area contributed by atoms with Crippen LogP contribution in [-0.2, 0) is 6.18 Å². The summed E-state index contributed by atoms with van der Waals surface area (Å²) < 4.78 is 35.9. The fourth-order valence-electron chi connectivity index (χ4n) is 0.771. The van der Waals surface area contributed by atoms with E-state index in [1.165, 1.54) is 0 Å². The van der Waals surface area contributed by atoms with Crippen molar-refractivity contribution < 1.29 is 18.2 Å². The zero-order valence-corrected chi connectivity index (χ0v) is 6.49. The maximum atomic E-state index is 12.0. The minimum atomic E-state index is -4.70. The van der Waals surface area contributed by atoms with Gasteiger partial charge in [0.05, 0.1) is 11.8 Å². The largest absolute Gasteiger partial charge is 0.418 e. The van der Waals surface area contributed by atoms with Gasteiger partial charge in [-0.25, -0.2) is 10.1 Å². The SMILES string of the molecule is O=c1ccc(C(F)(F)F)cn1[N+](=O)[O-]. The molecule has 8 heteroatoms. The number of alkyl halides is 3. The average molecular weight is 208 g/mol. The van der Waals surface area contributed by atoms with Crippen LogP contribution in [0.4, 0.5) is 13.2 Å². The topological polar surface area (TPSA) is 65.1 Å². The molecule has 1 aromatic rings. The second-order valence-corrected chi connectivity index (χ2v) is 2.34. The molecule has 1 rings (SSSR count). The van der Waals surface area contributed by atoms with E-state index in [1.54, 1.807) is 0 Å². The Morgan fingerprint density at radius 2 is 1.93 bits per heavy atom. The maximum Gasteiger partial charge on any atom is 0.418 e. The lowest BCUT2D eigenvalue weighted by Crippen LogP contribution is -2.26. The van der Waals surface area contributed by atoms with Crippen LogP contribution in [0.3, 0.4) is 0 Å². The molecule has 0 aliphatic rings. The molecule has 0 spiro atoms. The smallest absolute Gasteiger partial charge is 0.263 e. The molecule has 14 heavy (non-hydrogen) atoms.